The Labute approximate surface area is 115 Å². The monoisotopic (exact) mass is 284 g/mol. The van der Waals surface area contributed by atoms with Gasteiger partial charge in [-0.05, 0) is 31.2 Å². The minimum Gasteiger partial charge on any atom is -0.406 e. The molecule has 0 bridgehead atoms. The number of rotatable bonds is 6. The molecule has 1 aromatic carbocycles. The van der Waals surface area contributed by atoms with Gasteiger partial charge in [0.25, 0.3) is 0 Å². The van der Waals surface area contributed by atoms with Crippen LogP contribution in [0.5, 0.6) is 0 Å². The van der Waals surface area contributed by atoms with Crippen LogP contribution >= 0.6 is 11.6 Å². The number of nitrogens with one attached hydrogen (secondary N) is 2. The van der Waals surface area contributed by atoms with Gasteiger partial charge in [0.1, 0.15) is 5.82 Å². The molecule has 0 spiro atoms. The molecule has 0 aliphatic heterocycles. The third-order valence-corrected chi connectivity index (χ3v) is 2.50. The van der Waals surface area contributed by atoms with Gasteiger partial charge in [0, 0.05) is 10.7 Å². The number of anilines is 2. The summed E-state index contributed by atoms with van der Waals surface area (Å²) < 4.78 is 18.5. The predicted molar refractivity (Wildman–Crippen MR) is 71.0 cm³/mol. The molecule has 0 saturated carbocycles. The Morgan fingerprint density at radius 3 is 2.89 bits per heavy atom. The standard InChI is InChI=1S/C12H14ClFN4O/c1-2-3-15-7-11-17-18-12(19-11)16-10-5-8(13)4-9(14)6-10/h4-6,15H,2-3,7H2,1H3,(H,16,18). The summed E-state index contributed by atoms with van der Waals surface area (Å²) in [6, 6.07) is 4.30. The minimum atomic E-state index is -0.431. The lowest BCUT2D eigenvalue weighted by molar-refractivity contribution is 0.479. The van der Waals surface area contributed by atoms with E-state index >= 15 is 0 Å². The highest BCUT2D eigenvalue weighted by molar-refractivity contribution is 6.30. The summed E-state index contributed by atoms with van der Waals surface area (Å²) in [5.74, 6) is 0.0396. The van der Waals surface area contributed by atoms with Crippen LogP contribution in [0.2, 0.25) is 5.02 Å². The fourth-order valence-electron chi connectivity index (χ4n) is 1.50. The Morgan fingerprint density at radius 1 is 1.32 bits per heavy atom. The van der Waals surface area contributed by atoms with Crippen LogP contribution in [-0.4, -0.2) is 16.7 Å². The Hall–Kier alpha value is -1.66. The van der Waals surface area contributed by atoms with Crippen LogP contribution in [0.15, 0.2) is 22.6 Å². The maximum absolute atomic E-state index is 13.1. The third-order valence-electron chi connectivity index (χ3n) is 2.28. The van der Waals surface area contributed by atoms with Crippen LogP contribution in [0.1, 0.15) is 19.2 Å². The van der Waals surface area contributed by atoms with Crippen molar-refractivity contribution in [2.45, 2.75) is 19.9 Å². The first-order chi connectivity index (χ1) is 9.17. The van der Waals surface area contributed by atoms with Crippen molar-refractivity contribution in [1.29, 1.82) is 0 Å². The second-order valence-corrected chi connectivity index (χ2v) is 4.40. The van der Waals surface area contributed by atoms with Gasteiger partial charge in [-0.3, -0.25) is 0 Å². The Kier molecular flexibility index (Phi) is 4.70. The molecule has 19 heavy (non-hydrogen) atoms. The lowest BCUT2D eigenvalue weighted by atomic mass is 10.3. The van der Waals surface area contributed by atoms with E-state index in [1.807, 2.05) is 0 Å². The van der Waals surface area contributed by atoms with Gasteiger partial charge in [-0.1, -0.05) is 23.6 Å². The summed E-state index contributed by atoms with van der Waals surface area (Å²) in [5, 5.41) is 13.9. The maximum Gasteiger partial charge on any atom is 0.320 e. The Balaban J connectivity index is 1.99. The second-order valence-electron chi connectivity index (χ2n) is 3.96. The van der Waals surface area contributed by atoms with Crippen molar-refractivity contribution in [3.63, 3.8) is 0 Å². The highest BCUT2D eigenvalue weighted by Crippen LogP contribution is 2.21. The third kappa shape index (κ3) is 4.18. The summed E-state index contributed by atoms with van der Waals surface area (Å²) in [5.41, 5.74) is 0.460. The van der Waals surface area contributed by atoms with Crippen molar-refractivity contribution in [2.24, 2.45) is 0 Å². The fraction of sp³-hybridized carbons (Fsp3) is 0.333. The highest BCUT2D eigenvalue weighted by Gasteiger charge is 2.07. The summed E-state index contributed by atoms with van der Waals surface area (Å²) in [7, 11) is 0. The lowest BCUT2D eigenvalue weighted by Gasteiger charge is -2.02. The number of hydrogen-bond acceptors (Lipinski definition) is 5. The predicted octanol–water partition coefficient (Wildman–Crippen LogP) is 3.11. The molecule has 0 amide bonds. The van der Waals surface area contributed by atoms with Crippen LogP contribution in [0, 0.1) is 5.82 Å². The normalized spacial score (nSPS) is 10.7. The molecular formula is C12H14ClFN4O. The van der Waals surface area contributed by atoms with Crippen LogP contribution in [-0.2, 0) is 6.54 Å². The van der Waals surface area contributed by atoms with Gasteiger partial charge in [-0.25, -0.2) is 4.39 Å². The quantitative estimate of drug-likeness (QED) is 0.798. The first-order valence-electron chi connectivity index (χ1n) is 5.93. The molecule has 0 radical (unpaired) electrons. The van der Waals surface area contributed by atoms with Gasteiger partial charge in [-0.2, -0.15) is 0 Å². The molecule has 102 valence electrons. The molecule has 0 atom stereocenters. The molecule has 0 fully saturated rings. The van der Waals surface area contributed by atoms with Crippen LogP contribution < -0.4 is 10.6 Å². The molecule has 1 aromatic heterocycles. The largest absolute Gasteiger partial charge is 0.406 e. The van der Waals surface area contributed by atoms with Crippen molar-refractivity contribution in [2.75, 3.05) is 11.9 Å². The fourth-order valence-corrected chi connectivity index (χ4v) is 1.72. The van der Waals surface area contributed by atoms with Gasteiger partial charge in [0.05, 0.1) is 6.54 Å². The van der Waals surface area contributed by atoms with Crippen molar-refractivity contribution < 1.29 is 8.81 Å². The van der Waals surface area contributed by atoms with Gasteiger partial charge < -0.3 is 15.1 Å². The Bertz CT molecular complexity index is 526. The van der Waals surface area contributed by atoms with E-state index in [2.05, 4.69) is 27.8 Å². The summed E-state index contributed by atoms with van der Waals surface area (Å²) in [4.78, 5) is 0. The topological polar surface area (TPSA) is 63.0 Å². The number of hydrogen-bond donors (Lipinski definition) is 2. The zero-order valence-corrected chi connectivity index (χ0v) is 11.2. The van der Waals surface area contributed by atoms with Gasteiger partial charge in [0.15, 0.2) is 0 Å². The van der Waals surface area contributed by atoms with Gasteiger partial charge in [-0.15, -0.1) is 5.10 Å². The van der Waals surface area contributed by atoms with Crippen molar-refractivity contribution in [3.05, 3.63) is 34.9 Å². The van der Waals surface area contributed by atoms with Crippen LogP contribution in [0.4, 0.5) is 16.1 Å². The zero-order valence-electron chi connectivity index (χ0n) is 10.4. The lowest BCUT2D eigenvalue weighted by Crippen LogP contribution is -2.13. The summed E-state index contributed by atoms with van der Waals surface area (Å²) >= 11 is 5.75. The highest BCUT2D eigenvalue weighted by atomic mass is 35.5. The minimum absolute atomic E-state index is 0.204. The van der Waals surface area contributed by atoms with E-state index in [0.29, 0.717) is 23.1 Å². The maximum atomic E-state index is 13.1. The SMILES string of the molecule is CCCNCc1nnc(Nc2cc(F)cc(Cl)c2)o1. The summed E-state index contributed by atoms with van der Waals surface area (Å²) in [6.07, 6.45) is 1.03. The van der Waals surface area contributed by atoms with E-state index in [4.69, 9.17) is 16.0 Å². The molecular weight excluding hydrogens is 271 g/mol. The van der Waals surface area contributed by atoms with Crippen molar-refractivity contribution in [1.82, 2.24) is 15.5 Å². The number of halogens is 2. The molecule has 7 heteroatoms. The second kappa shape index (κ2) is 6.49. The zero-order chi connectivity index (χ0) is 13.7. The molecule has 5 nitrogen and oxygen atoms in total. The van der Waals surface area contributed by atoms with Crippen molar-refractivity contribution in [3.8, 4) is 0 Å². The average Bonchev–Trinajstić information content (AvgIpc) is 2.76. The first kappa shape index (κ1) is 13.8. The van der Waals surface area contributed by atoms with E-state index in [1.54, 1.807) is 6.07 Å². The van der Waals surface area contributed by atoms with Crippen LogP contribution in [0.25, 0.3) is 0 Å². The van der Waals surface area contributed by atoms with Gasteiger partial charge >= 0.3 is 6.01 Å². The van der Waals surface area contributed by atoms with E-state index in [-0.39, 0.29) is 6.01 Å². The molecule has 2 rings (SSSR count). The molecule has 0 saturated heterocycles. The molecule has 1 heterocycles. The molecule has 0 unspecified atom stereocenters. The average molecular weight is 285 g/mol. The smallest absolute Gasteiger partial charge is 0.320 e. The number of aromatic nitrogens is 2. The molecule has 0 aliphatic rings. The number of benzene rings is 1. The van der Waals surface area contributed by atoms with Crippen molar-refractivity contribution >= 4 is 23.3 Å². The van der Waals surface area contributed by atoms with Gasteiger partial charge in [0.2, 0.25) is 5.89 Å². The van der Waals surface area contributed by atoms with Crippen LogP contribution in [0.3, 0.4) is 0 Å². The number of nitrogens with zero attached hydrogens (tertiary/aromatic N) is 2. The first-order valence-corrected chi connectivity index (χ1v) is 6.31. The molecule has 2 N–H and O–H groups in total. The van der Waals surface area contributed by atoms with E-state index in [9.17, 15) is 4.39 Å². The van der Waals surface area contributed by atoms with E-state index in [1.165, 1.54) is 12.1 Å². The Morgan fingerprint density at radius 2 is 2.16 bits per heavy atom. The molecule has 2 aromatic rings. The summed E-state index contributed by atoms with van der Waals surface area (Å²) in [6.45, 7) is 3.46. The van der Waals surface area contributed by atoms with E-state index < -0.39 is 5.82 Å². The van der Waals surface area contributed by atoms with E-state index in [0.717, 1.165) is 13.0 Å². The molecule has 0 aliphatic carbocycles.